The van der Waals surface area contributed by atoms with E-state index in [0.717, 1.165) is 9.13 Å². The van der Waals surface area contributed by atoms with Crippen LogP contribution in [-0.2, 0) is 11.2 Å². The molecule has 0 aliphatic rings. The van der Waals surface area contributed by atoms with E-state index in [1.54, 1.807) is 0 Å². The van der Waals surface area contributed by atoms with Gasteiger partial charge in [0.05, 0.1) is 0 Å². The van der Waals surface area contributed by atoms with E-state index in [0.29, 0.717) is 6.42 Å². The molecule has 70 valence electrons. The lowest BCUT2D eigenvalue weighted by Crippen LogP contribution is -2.32. The lowest BCUT2D eigenvalue weighted by molar-refractivity contribution is -0.138. The van der Waals surface area contributed by atoms with E-state index >= 15 is 0 Å². The molecule has 0 fully saturated rings. The topological polar surface area (TPSA) is 63.3 Å². The van der Waals surface area contributed by atoms with Crippen molar-refractivity contribution in [1.29, 1.82) is 0 Å². The van der Waals surface area contributed by atoms with Crippen molar-refractivity contribution in [3.05, 3.63) is 33.4 Å². The summed E-state index contributed by atoms with van der Waals surface area (Å²) in [5.41, 5.74) is 6.40. The maximum atomic E-state index is 10.5. The van der Waals surface area contributed by atoms with Crippen LogP contribution in [0.4, 0.5) is 0 Å². The molecule has 1 atom stereocenters. The van der Waals surface area contributed by atoms with E-state index in [4.69, 9.17) is 10.8 Å². The molecule has 3 N–H and O–H groups in total. The Balaban J connectivity index is 2.74. The van der Waals surface area contributed by atoms with Crippen molar-refractivity contribution in [2.24, 2.45) is 5.73 Å². The van der Waals surface area contributed by atoms with Crippen LogP contribution in [0.25, 0.3) is 0 Å². The smallest absolute Gasteiger partial charge is 0.320 e. The fourth-order valence-corrected chi connectivity index (χ4v) is 1.60. The minimum absolute atomic E-state index is 0.383. The summed E-state index contributed by atoms with van der Waals surface area (Å²) in [4.78, 5) is 10.5. The number of hydrogen-bond acceptors (Lipinski definition) is 2. The number of halogens is 1. The normalized spacial score (nSPS) is 12.5. The van der Waals surface area contributed by atoms with Crippen LogP contribution < -0.4 is 5.73 Å². The first-order valence-electron chi connectivity index (χ1n) is 3.83. The standard InChI is InChI=1S/C9H10INO2/c10-7-4-2-1-3-6(7)5-8(11)9(12)13/h1-4,8H,5,11H2,(H,12,13)/i10-4. The van der Waals surface area contributed by atoms with Crippen molar-refractivity contribution in [1.82, 2.24) is 0 Å². The highest BCUT2D eigenvalue weighted by Gasteiger charge is 2.12. The van der Waals surface area contributed by atoms with E-state index in [1.165, 1.54) is 0 Å². The Bertz CT molecular complexity index is 314. The second kappa shape index (κ2) is 4.57. The van der Waals surface area contributed by atoms with Gasteiger partial charge in [0, 0.05) is 3.57 Å². The lowest BCUT2D eigenvalue weighted by Gasteiger charge is -2.07. The summed E-state index contributed by atoms with van der Waals surface area (Å²) < 4.78 is 1.05. The predicted octanol–water partition coefficient (Wildman–Crippen LogP) is 1.25. The molecule has 0 heterocycles. The number of rotatable bonds is 3. The molecule has 0 aliphatic carbocycles. The Morgan fingerprint density at radius 2 is 2.15 bits per heavy atom. The Labute approximate surface area is 90.1 Å². The Morgan fingerprint density at radius 1 is 1.54 bits per heavy atom. The van der Waals surface area contributed by atoms with E-state index in [2.05, 4.69) is 22.6 Å². The van der Waals surface area contributed by atoms with Crippen molar-refractivity contribution in [3.8, 4) is 0 Å². The molecule has 1 unspecified atom stereocenters. The van der Waals surface area contributed by atoms with Crippen molar-refractivity contribution in [3.63, 3.8) is 0 Å². The van der Waals surface area contributed by atoms with Crippen LogP contribution in [0.3, 0.4) is 0 Å². The molecular formula is C9H10INO2. The van der Waals surface area contributed by atoms with Crippen molar-refractivity contribution >= 4 is 28.6 Å². The molecule has 0 saturated carbocycles. The van der Waals surface area contributed by atoms with Gasteiger partial charge in [-0.25, -0.2) is 0 Å². The quantitative estimate of drug-likeness (QED) is 0.822. The highest BCUT2D eigenvalue weighted by molar-refractivity contribution is 14.1. The summed E-state index contributed by atoms with van der Waals surface area (Å²) in [6, 6.07) is 6.81. The van der Waals surface area contributed by atoms with Crippen LogP contribution in [0.15, 0.2) is 24.3 Å². The zero-order valence-electron chi connectivity index (χ0n) is 6.90. The first kappa shape index (κ1) is 10.5. The van der Waals surface area contributed by atoms with Crippen molar-refractivity contribution in [2.75, 3.05) is 0 Å². The Hall–Kier alpha value is -0.620. The van der Waals surface area contributed by atoms with Gasteiger partial charge >= 0.3 is 5.97 Å². The zero-order chi connectivity index (χ0) is 9.84. The Kier molecular flexibility index (Phi) is 3.68. The molecule has 1 aromatic rings. The zero-order valence-corrected chi connectivity index (χ0v) is 9.06. The second-order valence-electron chi connectivity index (χ2n) is 2.74. The molecule has 0 aromatic heterocycles. The fraction of sp³-hybridized carbons (Fsp3) is 0.222. The fourth-order valence-electron chi connectivity index (χ4n) is 0.988. The number of aliphatic carboxylic acids is 1. The molecule has 1 rings (SSSR count). The molecule has 0 spiro atoms. The molecule has 4 heteroatoms. The predicted molar refractivity (Wildman–Crippen MR) is 58.5 cm³/mol. The minimum Gasteiger partial charge on any atom is -0.480 e. The van der Waals surface area contributed by atoms with Gasteiger partial charge in [-0.15, -0.1) is 0 Å². The molecule has 0 aliphatic heterocycles. The van der Waals surface area contributed by atoms with E-state index in [9.17, 15) is 4.79 Å². The average molecular weight is 287 g/mol. The monoisotopic (exact) mass is 287 g/mol. The molecule has 0 bridgehead atoms. The van der Waals surface area contributed by atoms with Gasteiger partial charge in [-0.1, -0.05) is 18.2 Å². The van der Waals surface area contributed by atoms with Gasteiger partial charge in [-0.05, 0) is 40.6 Å². The number of nitrogens with two attached hydrogens (primary N) is 1. The first-order chi connectivity index (χ1) is 6.11. The number of benzene rings is 1. The maximum absolute atomic E-state index is 10.5. The number of hydrogen-bond donors (Lipinski definition) is 2. The van der Waals surface area contributed by atoms with Gasteiger partial charge in [-0.3, -0.25) is 4.79 Å². The van der Waals surface area contributed by atoms with Gasteiger partial charge in [-0.2, -0.15) is 0 Å². The van der Waals surface area contributed by atoms with Gasteiger partial charge < -0.3 is 10.8 Å². The molecule has 0 radical (unpaired) electrons. The number of carbonyl (C=O) groups is 1. The lowest BCUT2D eigenvalue weighted by atomic mass is 10.1. The molecule has 1 aromatic carbocycles. The van der Waals surface area contributed by atoms with Crippen LogP contribution in [0, 0.1) is 3.57 Å². The van der Waals surface area contributed by atoms with Crippen LogP contribution in [-0.4, -0.2) is 17.1 Å². The summed E-state index contributed by atoms with van der Waals surface area (Å²) in [6.07, 6.45) is 0.383. The first-order valence-corrected chi connectivity index (χ1v) is 4.91. The summed E-state index contributed by atoms with van der Waals surface area (Å²) in [6.45, 7) is 0. The van der Waals surface area contributed by atoms with Crippen molar-refractivity contribution < 1.29 is 9.90 Å². The van der Waals surface area contributed by atoms with Gasteiger partial charge in [0.25, 0.3) is 0 Å². The number of carboxylic acid groups (broad SMARTS) is 1. The average Bonchev–Trinajstić information content (AvgIpc) is 2.08. The second-order valence-corrected chi connectivity index (χ2v) is 3.90. The molecular weight excluding hydrogens is 277 g/mol. The van der Waals surface area contributed by atoms with Gasteiger partial charge in [0.1, 0.15) is 6.04 Å². The summed E-state index contributed by atoms with van der Waals surface area (Å²) >= 11 is 2.17. The number of carboxylic acids is 1. The van der Waals surface area contributed by atoms with Crippen LogP contribution in [0.5, 0.6) is 0 Å². The molecule has 0 amide bonds. The third-order valence-electron chi connectivity index (χ3n) is 1.71. The largest absolute Gasteiger partial charge is 0.480 e. The highest BCUT2D eigenvalue weighted by atomic mass is 123. The SMILES string of the molecule is NC(Cc1ccccc1[123I])C(=O)O. The highest BCUT2D eigenvalue weighted by Crippen LogP contribution is 2.12. The maximum Gasteiger partial charge on any atom is 0.320 e. The summed E-state index contributed by atoms with van der Waals surface area (Å²) in [5, 5.41) is 8.61. The van der Waals surface area contributed by atoms with Crippen LogP contribution in [0.2, 0.25) is 0 Å². The molecule has 13 heavy (non-hydrogen) atoms. The third kappa shape index (κ3) is 2.96. The molecule has 0 saturated heterocycles. The van der Waals surface area contributed by atoms with E-state index < -0.39 is 12.0 Å². The Morgan fingerprint density at radius 3 is 2.69 bits per heavy atom. The van der Waals surface area contributed by atoms with E-state index in [1.807, 2.05) is 24.3 Å². The van der Waals surface area contributed by atoms with E-state index in [-0.39, 0.29) is 0 Å². The summed E-state index contributed by atoms with van der Waals surface area (Å²) in [5.74, 6) is -0.959. The third-order valence-corrected chi connectivity index (χ3v) is 2.77. The van der Waals surface area contributed by atoms with Crippen molar-refractivity contribution in [2.45, 2.75) is 12.5 Å². The summed E-state index contributed by atoms with van der Waals surface area (Å²) in [7, 11) is 0. The minimum atomic E-state index is -0.959. The van der Waals surface area contributed by atoms with Crippen LogP contribution >= 0.6 is 22.6 Å². The van der Waals surface area contributed by atoms with Gasteiger partial charge in [0.2, 0.25) is 0 Å². The molecule has 3 nitrogen and oxygen atoms in total. The van der Waals surface area contributed by atoms with Gasteiger partial charge in [0.15, 0.2) is 0 Å². The van der Waals surface area contributed by atoms with Crippen LogP contribution in [0.1, 0.15) is 5.56 Å².